The molecule has 120 valence electrons. The van der Waals surface area contributed by atoms with E-state index in [1.807, 2.05) is 4.72 Å². The molecule has 0 saturated carbocycles. The van der Waals surface area contributed by atoms with E-state index in [1.54, 1.807) is 24.3 Å². The number of sulfonamides is 1. The Hall–Kier alpha value is -2.19. The average molecular weight is 397 g/mol. The van der Waals surface area contributed by atoms with Gasteiger partial charge in [0.15, 0.2) is 0 Å². The Labute approximate surface area is 142 Å². The lowest BCUT2D eigenvalue weighted by Crippen LogP contribution is -2.28. The van der Waals surface area contributed by atoms with Crippen LogP contribution in [-0.4, -0.2) is 20.2 Å². The molecule has 2 rings (SSSR count). The van der Waals surface area contributed by atoms with Crippen LogP contribution in [0.15, 0.2) is 57.9 Å². The highest BCUT2D eigenvalue weighted by molar-refractivity contribution is 9.10. The minimum atomic E-state index is -3.88. The van der Waals surface area contributed by atoms with E-state index in [0.717, 1.165) is 11.4 Å². The maximum Gasteiger partial charge on any atom is 0.264 e. The van der Waals surface area contributed by atoms with E-state index in [0.29, 0.717) is 11.3 Å². The molecule has 2 aromatic carbocycles. The van der Waals surface area contributed by atoms with Crippen molar-refractivity contribution in [3.63, 3.8) is 0 Å². The molecule has 2 amide bonds. The molecule has 0 aliphatic rings. The largest absolute Gasteiger partial charge is 0.322 e. The Bertz CT molecular complexity index is 831. The number of rotatable bonds is 4. The number of hydrogen-bond acceptors (Lipinski definition) is 4. The second-order valence-corrected chi connectivity index (χ2v) is 7.25. The molecule has 0 aliphatic heterocycles. The third-order valence-electron chi connectivity index (χ3n) is 2.81. The van der Waals surface area contributed by atoms with Gasteiger partial charge in [0.05, 0.1) is 4.90 Å². The highest BCUT2D eigenvalue weighted by Crippen LogP contribution is 2.16. The van der Waals surface area contributed by atoms with Gasteiger partial charge in [-0.15, -0.1) is 0 Å². The first-order valence-electron chi connectivity index (χ1n) is 6.48. The van der Waals surface area contributed by atoms with E-state index >= 15 is 0 Å². The number of carbonyl (C=O) groups is 2. The fraction of sp³-hybridized carbons (Fsp3) is 0.0667. The van der Waals surface area contributed by atoms with Gasteiger partial charge >= 0.3 is 0 Å². The molecule has 6 nitrogen and oxygen atoms in total. The molecule has 0 aliphatic carbocycles. The predicted octanol–water partition coefficient (Wildman–Crippen LogP) is 2.53. The maximum atomic E-state index is 12.1. The summed E-state index contributed by atoms with van der Waals surface area (Å²) in [6.07, 6.45) is 0. The molecule has 0 aromatic heterocycles. The molecule has 0 bridgehead atoms. The van der Waals surface area contributed by atoms with Crippen molar-refractivity contribution < 1.29 is 18.0 Å². The Morgan fingerprint density at radius 2 is 1.52 bits per heavy atom. The normalized spacial score (nSPS) is 10.9. The number of benzene rings is 2. The van der Waals surface area contributed by atoms with E-state index < -0.39 is 15.9 Å². The number of anilines is 1. The third-order valence-corrected chi connectivity index (χ3v) is 4.78. The zero-order valence-corrected chi connectivity index (χ0v) is 14.4. The quantitative estimate of drug-likeness (QED) is 0.830. The molecule has 0 unspecified atom stereocenters. The second kappa shape index (κ2) is 6.93. The van der Waals surface area contributed by atoms with Crippen molar-refractivity contribution in [1.82, 2.24) is 4.72 Å². The van der Waals surface area contributed by atoms with Gasteiger partial charge in [-0.3, -0.25) is 9.59 Å². The van der Waals surface area contributed by atoms with Crippen LogP contribution >= 0.6 is 15.9 Å². The van der Waals surface area contributed by atoms with Crippen LogP contribution in [0.4, 0.5) is 5.69 Å². The van der Waals surface area contributed by atoms with E-state index in [-0.39, 0.29) is 10.8 Å². The molecule has 0 spiro atoms. The van der Waals surface area contributed by atoms with E-state index in [1.165, 1.54) is 24.3 Å². The van der Waals surface area contributed by atoms with Crippen LogP contribution in [0.2, 0.25) is 0 Å². The van der Waals surface area contributed by atoms with Crippen molar-refractivity contribution in [2.75, 3.05) is 5.32 Å². The zero-order valence-electron chi connectivity index (χ0n) is 12.0. The number of hydrogen-bond donors (Lipinski definition) is 2. The molecular formula is C15H13BrN2O4S. The van der Waals surface area contributed by atoms with E-state index in [9.17, 15) is 18.0 Å². The minimum Gasteiger partial charge on any atom is -0.322 e. The lowest BCUT2D eigenvalue weighted by atomic mass is 10.2. The molecule has 0 saturated heterocycles. The summed E-state index contributed by atoms with van der Waals surface area (Å²) >= 11 is 3.29. The number of amides is 2. The van der Waals surface area contributed by atoms with Crippen LogP contribution in [0.25, 0.3) is 0 Å². The van der Waals surface area contributed by atoms with Crippen LogP contribution in [0.3, 0.4) is 0 Å². The van der Waals surface area contributed by atoms with Gasteiger partial charge < -0.3 is 5.32 Å². The summed E-state index contributed by atoms with van der Waals surface area (Å²) in [5.41, 5.74) is 0.919. The van der Waals surface area contributed by atoms with Crippen molar-refractivity contribution >= 4 is 43.5 Å². The topological polar surface area (TPSA) is 92.3 Å². The van der Waals surface area contributed by atoms with Gasteiger partial charge in [0.25, 0.3) is 15.9 Å². The van der Waals surface area contributed by atoms with Crippen molar-refractivity contribution in [1.29, 1.82) is 0 Å². The Morgan fingerprint density at radius 3 is 2.04 bits per heavy atom. The number of halogens is 1. The van der Waals surface area contributed by atoms with Crippen molar-refractivity contribution in [3.8, 4) is 0 Å². The molecule has 0 heterocycles. The lowest BCUT2D eigenvalue weighted by Gasteiger charge is -2.08. The van der Waals surface area contributed by atoms with Crippen LogP contribution in [0.1, 0.15) is 17.3 Å². The number of carbonyl (C=O) groups excluding carboxylic acids is 2. The first-order valence-corrected chi connectivity index (χ1v) is 8.76. The molecule has 0 fully saturated rings. The summed E-state index contributed by atoms with van der Waals surface area (Å²) in [6.45, 7) is 1.12. The van der Waals surface area contributed by atoms with Crippen LogP contribution < -0.4 is 10.0 Å². The standard InChI is InChI=1S/C15H13BrN2O4S/c1-10(19)18-23(21,22)14-8-6-13(7-9-14)17-15(20)11-2-4-12(16)5-3-11/h2-9H,1H3,(H,17,20)(H,18,19). The van der Waals surface area contributed by atoms with Gasteiger partial charge in [-0.2, -0.15) is 0 Å². The monoisotopic (exact) mass is 396 g/mol. The smallest absolute Gasteiger partial charge is 0.264 e. The van der Waals surface area contributed by atoms with Crippen molar-refractivity contribution in [2.45, 2.75) is 11.8 Å². The third kappa shape index (κ3) is 4.64. The fourth-order valence-electron chi connectivity index (χ4n) is 1.77. The molecule has 8 heteroatoms. The van der Waals surface area contributed by atoms with E-state index in [4.69, 9.17) is 0 Å². The summed E-state index contributed by atoms with van der Waals surface area (Å²) < 4.78 is 26.3. The SMILES string of the molecule is CC(=O)NS(=O)(=O)c1ccc(NC(=O)c2ccc(Br)cc2)cc1. The fourth-order valence-corrected chi connectivity index (χ4v) is 3.03. The average Bonchev–Trinajstić information content (AvgIpc) is 2.47. The second-order valence-electron chi connectivity index (χ2n) is 4.65. The molecule has 0 radical (unpaired) electrons. The minimum absolute atomic E-state index is 0.0608. The van der Waals surface area contributed by atoms with Crippen LogP contribution in [0.5, 0.6) is 0 Å². The Kier molecular flexibility index (Phi) is 5.17. The van der Waals surface area contributed by atoms with E-state index in [2.05, 4.69) is 21.2 Å². The summed E-state index contributed by atoms with van der Waals surface area (Å²) in [5, 5.41) is 2.66. The Morgan fingerprint density at radius 1 is 0.957 bits per heavy atom. The molecule has 23 heavy (non-hydrogen) atoms. The zero-order chi connectivity index (χ0) is 17.0. The summed E-state index contributed by atoms with van der Waals surface area (Å²) in [7, 11) is -3.88. The van der Waals surface area contributed by atoms with Gasteiger partial charge in [-0.1, -0.05) is 15.9 Å². The molecule has 2 N–H and O–H groups in total. The van der Waals surface area contributed by atoms with Gasteiger partial charge in [0.2, 0.25) is 5.91 Å². The van der Waals surface area contributed by atoms with Crippen LogP contribution in [-0.2, 0) is 14.8 Å². The highest BCUT2D eigenvalue weighted by Gasteiger charge is 2.15. The van der Waals surface area contributed by atoms with Crippen molar-refractivity contribution in [2.24, 2.45) is 0 Å². The van der Waals surface area contributed by atoms with Gasteiger partial charge in [-0.05, 0) is 48.5 Å². The van der Waals surface area contributed by atoms with Gasteiger partial charge in [0.1, 0.15) is 0 Å². The summed E-state index contributed by atoms with van der Waals surface area (Å²) in [6, 6.07) is 12.3. The predicted molar refractivity (Wildman–Crippen MR) is 89.5 cm³/mol. The van der Waals surface area contributed by atoms with Crippen molar-refractivity contribution in [3.05, 3.63) is 58.6 Å². The molecule has 2 aromatic rings. The highest BCUT2D eigenvalue weighted by atomic mass is 79.9. The van der Waals surface area contributed by atoms with Gasteiger partial charge in [-0.25, -0.2) is 13.1 Å². The lowest BCUT2D eigenvalue weighted by molar-refractivity contribution is -0.117. The Balaban J connectivity index is 2.12. The first-order chi connectivity index (χ1) is 10.8. The van der Waals surface area contributed by atoms with Crippen LogP contribution in [0, 0.1) is 0 Å². The number of nitrogens with one attached hydrogen (secondary N) is 2. The first kappa shape index (κ1) is 17.2. The summed E-state index contributed by atoms with van der Waals surface area (Å²) in [4.78, 5) is 22.9. The molecule has 0 atom stereocenters. The van der Waals surface area contributed by atoms with Gasteiger partial charge in [0, 0.05) is 22.6 Å². The summed E-state index contributed by atoms with van der Waals surface area (Å²) in [5.74, 6) is -0.979. The molecular weight excluding hydrogens is 384 g/mol. The maximum absolute atomic E-state index is 12.1.